The summed E-state index contributed by atoms with van der Waals surface area (Å²) in [5.74, 6) is -0.00310. The fraction of sp³-hybridized carbons (Fsp3) is 0.250. The zero-order valence-corrected chi connectivity index (χ0v) is 17.4. The highest BCUT2D eigenvalue weighted by atomic mass is 16.2. The van der Waals surface area contributed by atoms with Crippen LogP contribution in [0, 0.1) is 22.7 Å². The highest BCUT2D eigenvalue weighted by Gasteiger charge is 2.28. The maximum Gasteiger partial charge on any atom is 0.323 e. The van der Waals surface area contributed by atoms with Crippen molar-refractivity contribution in [2.45, 2.75) is 31.7 Å². The van der Waals surface area contributed by atoms with Crippen molar-refractivity contribution in [2.75, 3.05) is 17.2 Å². The predicted molar refractivity (Wildman–Crippen MR) is 121 cm³/mol. The third kappa shape index (κ3) is 4.55. The molecule has 32 heavy (non-hydrogen) atoms. The lowest BCUT2D eigenvalue weighted by Gasteiger charge is -2.19. The van der Waals surface area contributed by atoms with Crippen molar-refractivity contribution in [3.8, 4) is 12.1 Å². The van der Waals surface area contributed by atoms with Gasteiger partial charge in [0.1, 0.15) is 6.04 Å². The van der Waals surface area contributed by atoms with Gasteiger partial charge in [0.05, 0.1) is 17.7 Å². The number of hydrogen-bond acceptors (Lipinski definition) is 4. The summed E-state index contributed by atoms with van der Waals surface area (Å²) in [6.07, 6.45) is 4.37. The van der Waals surface area contributed by atoms with Crippen LogP contribution in [-0.2, 0) is 11.2 Å². The number of aromatic amines is 1. The van der Waals surface area contributed by atoms with Crippen LogP contribution in [-0.4, -0.2) is 34.4 Å². The quantitative estimate of drug-likeness (QED) is 0.567. The normalized spacial score (nSPS) is 15.2. The molecule has 0 aliphatic carbocycles. The minimum atomic E-state index is -0.414. The highest BCUT2D eigenvalue weighted by Crippen LogP contribution is 2.25. The summed E-state index contributed by atoms with van der Waals surface area (Å²) in [6.45, 7) is 0.644. The van der Waals surface area contributed by atoms with Crippen LogP contribution in [0.3, 0.4) is 0 Å². The second-order valence-electron chi connectivity index (χ2n) is 7.72. The summed E-state index contributed by atoms with van der Waals surface area (Å²) in [7, 11) is 0. The first-order valence-corrected chi connectivity index (χ1v) is 10.4. The number of aryl methyl sites for hydroxylation is 1. The van der Waals surface area contributed by atoms with E-state index in [9.17, 15) is 14.9 Å². The van der Waals surface area contributed by atoms with E-state index in [1.165, 1.54) is 0 Å². The molecule has 1 aliphatic rings. The Hall–Kier alpha value is -4.30. The largest absolute Gasteiger partial charge is 0.361 e. The van der Waals surface area contributed by atoms with Crippen molar-refractivity contribution in [1.82, 2.24) is 9.88 Å². The molecule has 1 aliphatic heterocycles. The number of H-pyrrole nitrogens is 1. The number of nitrogens with zero attached hydrogens (tertiary/aromatic N) is 3. The average molecular weight is 426 g/mol. The van der Waals surface area contributed by atoms with Crippen LogP contribution in [0.15, 0.2) is 48.7 Å². The maximum atomic E-state index is 12.6. The molecule has 0 spiro atoms. The van der Waals surface area contributed by atoms with Crippen molar-refractivity contribution in [2.24, 2.45) is 0 Å². The summed E-state index contributed by atoms with van der Waals surface area (Å²) in [4.78, 5) is 29.8. The van der Waals surface area contributed by atoms with Crippen LogP contribution >= 0.6 is 0 Å². The molecular weight excluding hydrogens is 404 g/mol. The van der Waals surface area contributed by atoms with Crippen molar-refractivity contribution >= 4 is 34.2 Å². The molecule has 160 valence electrons. The van der Waals surface area contributed by atoms with E-state index in [1.807, 2.05) is 24.4 Å². The summed E-state index contributed by atoms with van der Waals surface area (Å²) in [6, 6.07) is 15.7. The fourth-order valence-corrected chi connectivity index (χ4v) is 4.01. The van der Waals surface area contributed by atoms with Gasteiger partial charge in [0.15, 0.2) is 0 Å². The Morgan fingerprint density at radius 1 is 1.12 bits per heavy atom. The molecule has 0 bridgehead atoms. The van der Waals surface area contributed by atoms with Gasteiger partial charge in [0.2, 0.25) is 5.91 Å². The molecule has 0 saturated carbocycles. The van der Waals surface area contributed by atoms with Gasteiger partial charge in [0, 0.05) is 41.4 Å². The lowest BCUT2D eigenvalue weighted by Crippen LogP contribution is -2.34. The molecule has 2 aromatic carbocycles. The van der Waals surface area contributed by atoms with Crippen LogP contribution < -0.4 is 10.6 Å². The van der Waals surface area contributed by atoms with E-state index < -0.39 is 6.03 Å². The molecule has 0 unspecified atom stereocenters. The Balaban J connectivity index is 1.42. The highest BCUT2D eigenvalue weighted by molar-refractivity contribution is 6.01. The first kappa shape index (κ1) is 21.0. The zero-order valence-electron chi connectivity index (χ0n) is 17.4. The molecule has 3 N–H and O–H groups in total. The summed E-state index contributed by atoms with van der Waals surface area (Å²) >= 11 is 0. The van der Waals surface area contributed by atoms with Crippen molar-refractivity contribution < 1.29 is 9.59 Å². The Morgan fingerprint density at radius 3 is 2.72 bits per heavy atom. The van der Waals surface area contributed by atoms with E-state index in [0.29, 0.717) is 36.3 Å². The number of nitriles is 2. The number of amides is 3. The van der Waals surface area contributed by atoms with Gasteiger partial charge in [0.25, 0.3) is 0 Å². The smallest absolute Gasteiger partial charge is 0.323 e. The number of urea groups is 1. The van der Waals surface area contributed by atoms with Crippen LogP contribution in [0.2, 0.25) is 0 Å². The number of likely N-dealkylation sites (tertiary alicyclic amines) is 1. The van der Waals surface area contributed by atoms with Gasteiger partial charge in [-0.15, -0.1) is 0 Å². The number of nitrogens with one attached hydrogen (secondary N) is 3. The van der Waals surface area contributed by atoms with Crippen LogP contribution in [0.5, 0.6) is 0 Å². The number of rotatable bonds is 5. The van der Waals surface area contributed by atoms with Gasteiger partial charge < -0.3 is 20.5 Å². The van der Waals surface area contributed by atoms with Crippen molar-refractivity contribution in [1.29, 1.82) is 10.5 Å². The van der Waals surface area contributed by atoms with E-state index in [2.05, 4.69) is 21.7 Å². The second-order valence-corrected chi connectivity index (χ2v) is 7.72. The van der Waals surface area contributed by atoms with E-state index >= 15 is 0 Å². The Morgan fingerprint density at radius 2 is 1.94 bits per heavy atom. The molecule has 4 rings (SSSR count). The minimum absolute atomic E-state index is 0.00310. The first-order chi connectivity index (χ1) is 15.6. The number of benzene rings is 2. The summed E-state index contributed by atoms with van der Waals surface area (Å²) < 4.78 is 0. The Labute approximate surface area is 185 Å². The monoisotopic (exact) mass is 426 g/mol. The molecule has 3 amide bonds. The first-order valence-electron chi connectivity index (χ1n) is 10.4. The molecule has 1 aromatic heterocycles. The standard InChI is InChI=1S/C24H22N6O2/c25-13-16-3-1-4-18(11-16)28-24(32)29-19-7-8-22-21(12-19)17(15-27-22)6-9-23(31)30-10-2-5-20(30)14-26/h1,3-4,7-8,11-12,15,20,27H,2,5-6,9-10H2,(H2,28,29,32)/t20-/m0/s1. The Kier molecular flexibility index (Phi) is 6.05. The lowest BCUT2D eigenvalue weighted by molar-refractivity contribution is -0.131. The topological polar surface area (TPSA) is 125 Å². The molecule has 3 aromatic rings. The maximum absolute atomic E-state index is 12.6. The van der Waals surface area contributed by atoms with Gasteiger partial charge in [-0.1, -0.05) is 6.07 Å². The zero-order chi connectivity index (χ0) is 22.5. The van der Waals surface area contributed by atoms with Gasteiger partial charge in [-0.05, 0) is 61.2 Å². The van der Waals surface area contributed by atoms with Crippen LogP contribution in [0.4, 0.5) is 16.2 Å². The number of carbonyl (C=O) groups excluding carboxylic acids is 2. The van der Waals surface area contributed by atoms with Crippen LogP contribution in [0.1, 0.15) is 30.4 Å². The summed E-state index contributed by atoms with van der Waals surface area (Å²) in [5, 5.41) is 24.6. The average Bonchev–Trinajstić information content (AvgIpc) is 3.44. The van der Waals surface area contributed by atoms with Crippen molar-refractivity contribution in [3.63, 3.8) is 0 Å². The molecule has 1 atom stereocenters. The SMILES string of the molecule is N#Cc1cccc(NC(=O)Nc2ccc3[nH]cc(CCC(=O)N4CCC[C@H]4C#N)c3c2)c1. The van der Waals surface area contributed by atoms with E-state index in [1.54, 1.807) is 35.2 Å². The molecule has 8 nitrogen and oxygen atoms in total. The number of carbonyl (C=O) groups is 2. The number of hydrogen-bond donors (Lipinski definition) is 3. The molecular formula is C24H22N6O2. The third-order valence-corrected chi connectivity index (χ3v) is 5.61. The van der Waals surface area contributed by atoms with Gasteiger partial charge >= 0.3 is 6.03 Å². The van der Waals surface area contributed by atoms with E-state index in [4.69, 9.17) is 5.26 Å². The summed E-state index contributed by atoms with van der Waals surface area (Å²) in [5.41, 5.74) is 3.50. The Bertz CT molecular complexity index is 1250. The van der Waals surface area contributed by atoms with Gasteiger partial charge in [-0.25, -0.2) is 4.79 Å². The predicted octanol–water partition coefficient (Wildman–Crippen LogP) is 4.13. The van der Waals surface area contributed by atoms with Gasteiger partial charge in [-0.3, -0.25) is 4.79 Å². The number of anilines is 2. The molecule has 8 heteroatoms. The molecule has 2 heterocycles. The molecule has 1 saturated heterocycles. The van der Waals surface area contributed by atoms with E-state index in [-0.39, 0.29) is 11.9 Å². The second kappa shape index (κ2) is 9.23. The third-order valence-electron chi connectivity index (χ3n) is 5.61. The van der Waals surface area contributed by atoms with Crippen molar-refractivity contribution in [3.05, 3.63) is 59.8 Å². The number of aromatic nitrogens is 1. The van der Waals surface area contributed by atoms with E-state index in [0.717, 1.165) is 29.3 Å². The molecule has 0 radical (unpaired) electrons. The number of fused-ring (bicyclic) bond motifs is 1. The van der Waals surface area contributed by atoms with Gasteiger partial charge in [-0.2, -0.15) is 10.5 Å². The molecule has 1 fully saturated rings. The fourth-order valence-electron chi connectivity index (χ4n) is 4.01. The minimum Gasteiger partial charge on any atom is -0.361 e. The lowest BCUT2D eigenvalue weighted by atomic mass is 10.1. The van der Waals surface area contributed by atoms with Crippen LogP contribution in [0.25, 0.3) is 10.9 Å².